The molecule has 1 amide bonds. The lowest BCUT2D eigenvalue weighted by Crippen LogP contribution is -2.29. The molecule has 1 aliphatic rings. The van der Waals surface area contributed by atoms with Crippen LogP contribution >= 0.6 is 0 Å². The third-order valence-electron chi connectivity index (χ3n) is 6.31. The summed E-state index contributed by atoms with van der Waals surface area (Å²) < 4.78 is 16.0. The van der Waals surface area contributed by atoms with Crippen molar-refractivity contribution in [1.82, 2.24) is 0 Å². The van der Waals surface area contributed by atoms with Crippen molar-refractivity contribution in [1.29, 1.82) is 0 Å². The van der Waals surface area contributed by atoms with Crippen LogP contribution in [0, 0.1) is 13.8 Å². The van der Waals surface area contributed by atoms with Gasteiger partial charge in [0.1, 0.15) is 23.0 Å². The van der Waals surface area contributed by atoms with Crippen LogP contribution in [0.15, 0.2) is 66.2 Å². The smallest absolute Gasteiger partial charge is 0.300 e. The van der Waals surface area contributed by atoms with Crippen LogP contribution in [-0.2, 0) is 9.59 Å². The number of aryl methyl sites for hydroxylation is 2. The maximum atomic E-state index is 13.4. The van der Waals surface area contributed by atoms with Crippen molar-refractivity contribution in [3.8, 4) is 17.2 Å². The van der Waals surface area contributed by atoms with Gasteiger partial charge in [0.25, 0.3) is 11.7 Å². The third-order valence-corrected chi connectivity index (χ3v) is 6.31. The summed E-state index contributed by atoms with van der Waals surface area (Å²) >= 11 is 0. The van der Waals surface area contributed by atoms with Crippen LogP contribution in [0.5, 0.6) is 17.2 Å². The first-order chi connectivity index (χ1) is 16.8. The standard InChI is InChI=1S/C28H27NO6/c1-16-6-9-19(14-17(16)2)29-25(18-7-10-20(33-3)11-8-18)24(27(31)28(29)32)26(30)22-13-12-21(34-4)15-23(22)35-5/h6-15,25,30H,1-5H3/b26-24-. The fraction of sp³-hybridized carbons (Fsp3) is 0.214. The van der Waals surface area contributed by atoms with E-state index in [0.29, 0.717) is 28.5 Å². The number of ether oxygens (including phenoxy) is 3. The molecule has 1 N–H and O–H groups in total. The number of amides is 1. The van der Waals surface area contributed by atoms with E-state index in [2.05, 4.69) is 0 Å². The number of aliphatic hydroxyl groups is 1. The average Bonchev–Trinajstić information content (AvgIpc) is 3.15. The van der Waals surface area contributed by atoms with Crippen molar-refractivity contribution in [3.63, 3.8) is 0 Å². The summed E-state index contributed by atoms with van der Waals surface area (Å²) in [4.78, 5) is 28.2. The second-order valence-electron chi connectivity index (χ2n) is 8.28. The van der Waals surface area contributed by atoms with Gasteiger partial charge in [0.15, 0.2) is 0 Å². The second kappa shape index (κ2) is 9.54. The molecular formula is C28H27NO6. The number of hydrogen-bond donors (Lipinski definition) is 1. The van der Waals surface area contributed by atoms with Gasteiger partial charge >= 0.3 is 0 Å². The number of aliphatic hydroxyl groups excluding tert-OH is 1. The Kier molecular flexibility index (Phi) is 6.51. The molecule has 0 aromatic heterocycles. The molecule has 0 saturated carbocycles. The number of hydrogen-bond acceptors (Lipinski definition) is 6. The predicted octanol–water partition coefficient (Wildman–Crippen LogP) is 4.96. The lowest BCUT2D eigenvalue weighted by atomic mass is 9.94. The van der Waals surface area contributed by atoms with Crippen LogP contribution in [0.2, 0.25) is 0 Å². The lowest BCUT2D eigenvalue weighted by Gasteiger charge is -2.26. The fourth-order valence-electron chi connectivity index (χ4n) is 4.22. The number of rotatable bonds is 6. The van der Waals surface area contributed by atoms with Crippen LogP contribution in [0.3, 0.4) is 0 Å². The molecular weight excluding hydrogens is 446 g/mol. The van der Waals surface area contributed by atoms with Crippen LogP contribution in [0.1, 0.15) is 28.3 Å². The number of nitrogens with zero attached hydrogens (tertiary/aromatic N) is 1. The Bertz CT molecular complexity index is 1330. The van der Waals surface area contributed by atoms with Gasteiger partial charge in [0.05, 0.1) is 38.5 Å². The van der Waals surface area contributed by atoms with E-state index in [1.807, 2.05) is 26.0 Å². The van der Waals surface area contributed by atoms with Crippen LogP contribution in [0.4, 0.5) is 5.69 Å². The van der Waals surface area contributed by atoms with Gasteiger partial charge in [-0.2, -0.15) is 0 Å². The molecule has 7 heteroatoms. The molecule has 1 atom stereocenters. The Labute approximate surface area is 204 Å². The second-order valence-corrected chi connectivity index (χ2v) is 8.28. The summed E-state index contributed by atoms with van der Waals surface area (Å²) in [5, 5.41) is 11.4. The van der Waals surface area contributed by atoms with E-state index in [9.17, 15) is 14.7 Å². The average molecular weight is 474 g/mol. The topological polar surface area (TPSA) is 85.3 Å². The molecule has 35 heavy (non-hydrogen) atoms. The zero-order valence-corrected chi connectivity index (χ0v) is 20.3. The fourth-order valence-corrected chi connectivity index (χ4v) is 4.22. The molecule has 7 nitrogen and oxygen atoms in total. The largest absolute Gasteiger partial charge is 0.507 e. The number of carbonyl (C=O) groups is 2. The number of anilines is 1. The highest BCUT2D eigenvalue weighted by Crippen LogP contribution is 2.44. The summed E-state index contributed by atoms with van der Waals surface area (Å²) in [6, 6.07) is 16.6. The SMILES string of the molecule is COc1ccc(C2/C(=C(/O)c3ccc(OC)cc3OC)C(=O)C(=O)N2c2ccc(C)c(C)c2)cc1. The summed E-state index contributed by atoms with van der Waals surface area (Å²) in [6.07, 6.45) is 0. The first-order valence-corrected chi connectivity index (χ1v) is 11.0. The molecule has 3 aromatic carbocycles. The molecule has 0 radical (unpaired) electrons. The Hall–Kier alpha value is -4.26. The van der Waals surface area contributed by atoms with E-state index in [4.69, 9.17) is 14.2 Å². The van der Waals surface area contributed by atoms with E-state index >= 15 is 0 Å². The Morgan fingerprint density at radius 1 is 0.800 bits per heavy atom. The van der Waals surface area contributed by atoms with E-state index in [0.717, 1.165) is 11.1 Å². The number of ketones is 1. The number of benzene rings is 3. The van der Waals surface area contributed by atoms with Gasteiger partial charge in [-0.05, 0) is 66.9 Å². The minimum Gasteiger partial charge on any atom is -0.507 e. The van der Waals surface area contributed by atoms with Gasteiger partial charge in [-0.1, -0.05) is 18.2 Å². The van der Waals surface area contributed by atoms with Gasteiger partial charge < -0.3 is 19.3 Å². The Morgan fingerprint density at radius 3 is 2.06 bits per heavy atom. The molecule has 0 bridgehead atoms. The summed E-state index contributed by atoms with van der Waals surface area (Å²) in [7, 11) is 4.54. The third kappa shape index (κ3) is 4.21. The minimum absolute atomic E-state index is 0.0261. The quantitative estimate of drug-likeness (QED) is 0.310. The van der Waals surface area contributed by atoms with E-state index in [1.54, 1.807) is 55.6 Å². The summed E-state index contributed by atoms with van der Waals surface area (Å²) in [5.74, 6) is -0.348. The Morgan fingerprint density at radius 2 is 1.46 bits per heavy atom. The van der Waals surface area contributed by atoms with Crippen molar-refractivity contribution in [3.05, 3.63) is 88.5 Å². The molecule has 0 spiro atoms. The molecule has 1 fully saturated rings. The van der Waals surface area contributed by atoms with Gasteiger partial charge in [-0.15, -0.1) is 0 Å². The molecule has 180 valence electrons. The van der Waals surface area contributed by atoms with Crippen LogP contribution in [0.25, 0.3) is 5.76 Å². The molecule has 1 aliphatic heterocycles. The van der Waals surface area contributed by atoms with Crippen molar-refractivity contribution in [2.75, 3.05) is 26.2 Å². The number of methoxy groups -OCH3 is 3. The van der Waals surface area contributed by atoms with Gasteiger partial charge in [-0.3, -0.25) is 14.5 Å². The molecule has 0 aliphatic carbocycles. The molecule has 1 saturated heterocycles. The van der Waals surface area contributed by atoms with E-state index < -0.39 is 17.7 Å². The molecule has 1 heterocycles. The highest BCUT2D eigenvalue weighted by Gasteiger charge is 2.47. The van der Waals surface area contributed by atoms with E-state index in [1.165, 1.54) is 19.1 Å². The highest BCUT2D eigenvalue weighted by molar-refractivity contribution is 6.51. The monoisotopic (exact) mass is 473 g/mol. The maximum absolute atomic E-state index is 13.4. The summed E-state index contributed by atoms with van der Waals surface area (Å²) in [6.45, 7) is 3.92. The number of carbonyl (C=O) groups excluding carboxylic acids is 2. The summed E-state index contributed by atoms with van der Waals surface area (Å²) in [5.41, 5.74) is 3.52. The zero-order chi connectivity index (χ0) is 25.3. The molecule has 4 rings (SSSR count). The molecule has 1 unspecified atom stereocenters. The van der Waals surface area contributed by atoms with Crippen molar-refractivity contribution in [2.24, 2.45) is 0 Å². The van der Waals surface area contributed by atoms with Crippen molar-refractivity contribution < 1.29 is 28.9 Å². The van der Waals surface area contributed by atoms with Gasteiger partial charge in [0.2, 0.25) is 0 Å². The van der Waals surface area contributed by atoms with Crippen molar-refractivity contribution in [2.45, 2.75) is 19.9 Å². The number of Topliss-reactive ketones (excluding diaryl/α,β-unsaturated/α-hetero) is 1. The van der Waals surface area contributed by atoms with Gasteiger partial charge in [0, 0.05) is 11.8 Å². The Balaban J connectivity index is 1.96. The normalized spacial score (nSPS) is 16.9. The van der Waals surface area contributed by atoms with Crippen LogP contribution < -0.4 is 19.1 Å². The maximum Gasteiger partial charge on any atom is 0.300 e. The van der Waals surface area contributed by atoms with Crippen LogP contribution in [-0.4, -0.2) is 38.1 Å². The van der Waals surface area contributed by atoms with Gasteiger partial charge in [-0.25, -0.2) is 0 Å². The van der Waals surface area contributed by atoms with E-state index in [-0.39, 0.29) is 16.9 Å². The zero-order valence-electron chi connectivity index (χ0n) is 20.3. The highest BCUT2D eigenvalue weighted by atomic mass is 16.5. The lowest BCUT2D eigenvalue weighted by molar-refractivity contribution is -0.132. The first-order valence-electron chi connectivity index (χ1n) is 11.0. The predicted molar refractivity (Wildman–Crippen MR) is 133 cm³/mol. The molecule has 3 aromatic rings. The first kappa shape index (κ1) is 23.9. The minimum atomic E-state index is -0.852. The van der Waals surface area contributed by atoms with Crippen molar-refractivity contribution >= 4 is 23.1 Å².